The van der Waals surface area contributed by atoms with E-state index < -0.39 is 5.60 Å². The predicted octanol–water partition coefficient (Wildman–Crippen LogP) is 2.33. The van der Waals surface area contributed by atoms with Crippen LogP contribution in [0.2, 0.25) is 0 Å². The maximum atomic E-state index is 12.1. The fourth-order valence-electron chi connectivity index (χ4n) is 3.58. The zero-order valence-corrected chi connectivity index (χ0v) is 18.1. The van der Waals surface area contributed by atoms with Crippen LogP contribution in [-0.2, 0) is 4.74 Å². The third-order valence-corrected chi connectivity index (χ3v) is 5.20. The first-order valence-corrected chi connectivity index (χ1v) is 10.3. The molecule has 1 saturated heterocycles. The molecule has 2 rings (SSSR count). The highest BCUT2D eigenvalue weighted by Gasteiger charge is 2.39. The van der Waals surface area contributed by atoms with E-state index in [4.69, 9.17) is 4.74 Å². The number of nitrogens with one attached hydrogen (secondary N) is 3. The van der Waals surface area contributed by atoms with Crippen LogP contribution in [-0.4, -0.2) is 66.9 Å². The topological polar surface area (TPSA) is 78.0 Å². The van der Waals surface area contributed by atoms with Crippen LogP contribution >= 0.6 is 0 Å². The van der Waals surface area contributed by atoms with E-state index in [1.54, 1.807) is 7.05 Å². The molecule has 156 valence electrons. The number of alkyl carbamates (subject to hydrolysis) is 1. The summed E-state index contributed by atoms with van der Waals surface area (Å²) in [6.07, 6.45) is 3.45. The van der Waals surface area contributed by atoms with Crippen LogP contribution in [0, 0.1) is 5.92 Å². The van der Waals surface area contributed by atoms with Gasteiger partial charge in [-0.25, -0.2) is 4.79 Å². The molecule has 0 radical (unpaired) electrons. The van der Waals surface area contributed by atoms with E-state index in [9.17, 15) is 4.79 Å². The molecule has 0 aromatic rings. The zero-order chi connectivity index (χ0) is 20.2. The molecule has 27 heavy (non-hydrogen) atoms. The van der Waals surface area contributed by atoms with Crippen molar-refractivity contribution < 1.29 is 9.53 Å². The molecular formula is C20H39N5O2. The molecule has 1 saturated carbocycles. The Morgan fingerprint density at radius 1 is 1.30 bits per heavy atom. The number of carbonyl (C=O) groups excluding carboxylic acids is 1. The molecule has 2 fully saturated rings. The maximum Gasteiger partial charge on any atom is 0.407 e. The van der Waals surface area contributed by atoms with Gasteiger partial charge in [0.25, 0.3) is 0 Å². The smallest absolute Gasteiger partial charge is 0.407 e. The first-order valence-electron chi connectivity index (χ1n) is 10.3. The number of aliphatic imine (C=N–C) groups is 1. The summed E-state index contributed by atoms with van der Waals surface area (Å²) >= 11 is 0. The van der Waals surface area contributed by atoms with Gasteiger partial charge in [0.05, 0.1) is 6.04 Å². The second-order valence-corrected chi connectivity index (χ2v) is 9.30. The molecule has 0 aromatic heterocycles. The van der Waals surface area contributed by atoms with E-state index in [0.29, 0.717) is 18.6 Å². The minimum Gasteiger partial charge on any atom is -0.444 e. The van der Waals surface area contributed by atoms with Gasteiger partial charge in [0.2, 0.25) is 0 Å². The number of amides is 1. The molecule has 7 heteroatoms. The quantitative estimate of drug-likeness (QED) is 0.486. The Balaban J connectivity index is 1.81. The molecule has 0 spiro atoms. The summed E-state index contributed by atoms with van der Waals surface area (Å²) in [5.74, 6) is 1.07. The fourth-order valence-corrected chi connectivity index (χ4v) is 3.58. The Kier molecular flexibility index (Phi) is 7.37. The molecule has 1 heterocycles. The summed E-state index contributed by atoms with van der Waals surface area (Å²) in [6, 6.07) is 1.81. The van der Waals surface area contributed by atoms with Crippen molar-refractivity contribution >= 4 is 12.1 Å². The third kappa shape index (κ3) is 7.20. The van der Waals surface area contributed by atoms with Crippen molar-refractivity contribution in [3.63, 3.8) is 0 Å². The first kappa shape index (κ1) is 21.8. The highest BCUT2D eigenvalue weighted by Crippen LogP contribution is 2.33. The summed E-state index contributed by atoms with van der Waals surface area (Å²) in [6.45, 7) is 13.8. The van der Waals surface area contributed by atoms with Gasteiger partial charge >= 0.3 is 6.09 Å². The highest BCUT2D eigenvalue weighted by molar-refractivity contribution is 5.80. The normalized spacial score (nSPS) is 25.4. The molecule has 0 bridgehead atoms. The van der Waals surface area contributed by atoms with E-state index in [-0.39, 0.29) is 18.1 Å². The van der Waals surface area contributed by atoms with Crippen molar-refractivity contribution in [2.75, 3.05) is 20.1 Å². The van der Waals surface area contributed by atoms with E-state index in [1.165, 1.54) is 12.8 Å². The van der Waals surface area contributed by atoms with Crippen molar-refractivity contribution in [3.8, 4) is 0 Å². The van der Waals surface area contributed by atoms with Gasteiger partial charge < -0.3 is 20.7 Å². The standard InChI is InChI=1S/C20H39N5O2/c1-13(2)17(24-19(26)27-20(4,5)6)11-22-18(21-7)23-15-10-14(3)25(12-15)16-8-9-16/h13-17H,8-12H2,1-7H3,(H,24,26)(H2,21,22,23). The lowest BCUT2D eigenvalue weighted by atomic mass is 10.0. The number of rotatable bonds is 6. The molecule has 1 amide bonds. The summed E-state index contributed by atoms with van der Waals surface area (Å²) in [5, 5.41) is 9.89. The van der Waals surface area contributed by atoms with E-state index in [1.807, 2.05) is 20.8 Å². The Labute approximate surface area is 164 Å². The van der Waals surface area contributed by atoms with Crippen molar-refractivity contribution in [2.24, 2.45) is 10.9 Å². The number of carbonyl (C=O) groups is 1. The van der Waals surface area contributed by atoms with Gasteiger partial charge in [0.1, 0.15) is 5.60 Å². The molecule has 3 N–H and O–H groups in total. The lowest BCUT2D eigenvalue weighted by molar-refractivity contribution is 0.0491. The minimum absolute atomic E-state index is 0.0381. The van der Waals surface area contributed by atoms with Gasteiger partial charge in [0, 0.05) is 38.3 Å². The van der Waals surface area contributed by atoms with E-state index >= 15 is 0 Å². The van der Waals surface area contributed by atoms with E-state index in [0.717, 1.165) is 25.0 Å². The summed E-state index contributed by atoms with van der Waals surface area (Å²) in [5.41, 5.74) is -0.497. The number of hydrogen-bond donors (Lipinski definition) is 3. The summed E-state index contributed by atoms with van der Waals surface area (Å²) < 4.78 is 5.38. The summed E-state index contributed by atoms with van der Waals surface area (Å²) in [7, 11) is 1.79. The van der Waals surface area contributed by atoms with Crippen LogP contribution < -0.4 is 16.0 Å². The largest absolute Gasteiger partial charge is 0.444 e. The third-order valence-electron chi connectivity index (χ3n) is 5.20. The predicted molar refractivity (Wildman–Crippen MR) is 110 cm³/mol. The van der Waals surface area contributed by atoms with E-state index in [2.05, 4.69) is 46.6 Å². The van der Waals surface area contributed by atoms with Crippen LogP contribution in [0.4, 0.5) is 4.79 Å². The second kappa shape index (κ2) is 9.13. The van der Waals surface area contributed by atoms with Gasteiger partial charge in [-0.05, 0) is 52.9 Å². The monoisotopic (exact) mass is 381 g/mol. The average molecular weight is 382 g/mol. The Hall–Kier alpha value is -1.50. The van der Waals surface area contributed by atoms with Gasteiger partial charge in [-0.1, -0.05) is 13.8 Å². The van der Waals surface area contributed by atoms with Crippen LogP contribution in [0.1, 0.15) is 60.8 Å². The molecular weight excluding hydrogens is 342 g/mol. The van der Waals surface area contributed by atoms with Crippen LogP contribution in [0.15, 0.2) is 4.99 Å². The SMILES string of the molecule is CN=C(NCC(NC(=O)OC(C)(C)C)C(C)C)NC1CC(C)N(C2CC2)C1. The number of hydrogen-bond acceptors (Lipinski definition) is 4. The molecule has 0 aromatic carbocycles. The van der Waals surface area contributed by atoms with Crippen molar-refractivity contribution in [1.29, 1.82) is 0 Å². The molecule has 7 nitrogen and oxygen atoms in total. The van der Waals surface area contributed by atoms with Crippen molar-refractivity contribution in [1.82, 2.24) is 20.9 Å². The maximum absolute atomic E-state index is 12.1. The van der Waals surface area contributed by atoms with Gasteiger partial charge in [-0.3, -0.25) is 9.89 Å². The lowest BCUT2D eigenvalue weighted by Crippen LogP contribution is -2.52. The van der Waals surface area contributed by atoms with Crippen LogP contribution in [0.5, 0.6) is 0 Å². The molecule has 1 aliphatic carbocycles. The van der Waals surface area contributed by atoms with Gasteiger partial charge in [0.15, 0.2) is 5.96 Å². The zero-order valence-electron chi connectivity index (χ0n) is 18.1. The summed E-state index contributed by atoms with van der Waals surface area (Å²) in [4.78, 5) is 19.1. The highest BCUT2D eigenvalue weighted by atomic mass is 16.6. The fraction of sp³-hybridized carbons (Fsp3) is 0.900. The Bertz CT molecular complexity index is 525. The first-order chi connectivity index (χ1) is 12.6. The molecule has 1 aliphatic heterocycles. The van der Waals surface area contributed by atoms with Crippen LogP contribution in [0.25, 0.3) is 0 Å². The molecule has 3 atom stereocenters. The van der Waals surface area contributed by atoms with Crippen molar-refractivity contribution in [3.05, 3.63) is 0 Å². The Morgan fingerprint density at radius 3 is 2.48 bits per heavy atom. The van der Waals surface area contributed by atoms with Crippen LogP contribution in [0.3, 0.4) is 0 Å². The lowest BCUT2D eigenvalue weighted by Gasteiger charge is -2.27. The Morgan fingerprint density at radius 2 is 1.96 bits per heavy atom. The molecule has 3 unspecified atom stereocenters. The number of likely N-dealkylation sites (tertiary alicyclic amines) is 1. The second-order valence-electron chi connectivity index (χ2n) is 9.30. The number of ether oxygens (including phenoxy) is 1. The van der Waals surface area contributed by atoms with Gasteiger partial charge in [-0.2, -0.15) is 0 Å². The number of guanidine groups is 1. The van der Waals surface area contributed by atoms with Crippen molar-refractivity contribution in [2.45, 2.75) is 90.6 Å². The van der Waals surface area contributed by atoms with Gasteiger partial charge in [-0.15, -0.1) is 0 Å². The number of nitrogens with zero attached hydrogens (tertiary/aromatic N) is 2. The average Bonchev–Trinajstić information content (AvgIpc) is 3.31. The minimum atomic E-state index is -0.497. The molecule has 2 aliphatic rings.